The fraction of sp³-hybridized carbons (Fsp3) is 0.929. The first kappa shape index (κ1) is 18.3. The highest BCUT2D eigenvalue weighted by Crippen LogP contribution is 2.19. The fourth-order valence-corrected chi connectivity index (χ4v) is 2.34. The molecule has 124 valence electrons. The van der Waals surface area contributed by atoms with Gasteiger partial charge in [0.05, 0.1) is 6.61 Å². The molecule has 1 aliphatic heterocycles. The molecule has 21 heavy (non-hydrogen) atoms. The molecule has 7 nitrogen and oxygen atoms in total. The van der Waals surface area contributed by atoms with Gasteiger partial charge in [-0.1, -0.05) is 32.6 Å². The van der Waals surface area contributed by atoms with Crippen molar-refractivity contribution in [2.75, 3.05) is 6.61 Å². The molecule has 1 aliphatic rings. The minimum Gasteiger partial charge on any atom is -0.394 e. The quantitative estimate of drug-likeness (QED) is 0.377. The lowest BCUT2D eigenvalue weighted by molar-refractivity contribution is -0.236. The normalized spacial score (nSPS) is 32.9. The molecule has 0 aromatic heterocycles. The van der Waals surface area contributed by atoms with E-state index >= 15 is 0 Å². The second kappa shape index (κ2) is 9.32. The molecule has 1 saturated heterocycles. The van der Waals surface area contributed by atoms with Gasteiger partial charge < -0.3 is 30.5 Å². The van der Waals surface area contributed by atoms with Crippen LogP contribution >= 0.6 is 0 Å². The highest BCUT2D eigenvalue weighted by molar-refractivity contribution is 5.76. The van der Waals surface area contributed by atoms with Crippen molar-refractivity contribution in [2.24, 2.45) is 0 Å². The van der Waals surface area contributed by atoms with Crippen LogP contribution < -0.4 is 5.32 Å². The van der Waals surface area contributed by atoms with Gasteiger partial charge in [-0.05, 0) is 6.42 Å². The number of carbonyl (C=O) groups is 1. The summed E-state index contributed by atoms with van der Waals surface area (Å²) in [5, 5.41) is 40.6. The highest BCUT2D eigenvalue weighted by atomic mass is 16.6. The summed E-state index contributed by atoms with van der Waals surface area (Å²) < 4.78 is 5.20. The second-order valence-corrected chi connectivity index (χ2v) is 5.48. The van der Waals surface area contributed by atoms with E-state index in [9.17, 15) is 20.1 Å². The van der Waals surface area contributed by atoms with Gasteiger partial charge in [0.2, 0.25) is 5.91 Å². The third-order valence-corrected chi connectivity index (χ3v) is 3.70. The van der Waals surface area contributed by atoms with Crippen LogP contribution in [-0.4, -0.2) is 63.6 Å². The highest BCUT2D eigenvalue weighted by Gasteiger charge is 2.43. The maximum atomic E-state index is 11.8. The summed E-state index contributed by atoms with van der Waals surface area (Å²) in [6, 6.07) is 0. The van der Waals surface area contributed by atoms with Crippen LogP contribution in [0.3, 0.4) is 0 Å². The molecular formula is C14H27NO6. The van der Waals surface area contributed by atoms with Gasteiger partial charge in [-0.15, -0.1) is 0 Å². The van der Waals surface area contributed by atoms with Gasteiger partial charge in [-0.25, -0.2) is 0 Å². The van der Waals surface area contributed by atoms with E-state index in [1.165, 1.54) is 0 Å². The standard InChI is InChI=1S/C14H27NO6/c1-2-3-4-5-6-7-10(17)15-14-13(20)12(19)11(18)9(8-16)21-14/h9,11-14,16,18-20H,2-8H2,1H3,(H,15,17)/t9?,11-,12-,13?,14-/m1/s1. The van der Waals surface area contributed by atoms with E-state index in [1.54, 1.807) is 0 Å². The van der Waals surface area contributed by atoms with E-state index in [0.717, 1.165) is 32.1 Å². The predicted octanol–water partition coefficient (Wildman–Crippen LogP) is -0.737. The Hall–Kier alpha value is -0.730. The van der Waals surface area contributed by atoms with Crippen molar-refractivity contribution < 1.29 is 30.0 Å². The maximum Gasteiger partial charge on any atom is 0.222 e. The van der Waals surface area contributed by atoms with Crippen LogP contribution in [0.1, 0.15) is 45.4 Å². The number of rotatable bonds is 8. The summed E-state index contributed by atoms with van der Waals surface area (Å²) in [5.41, 5.74) is 0. The molecule has 1 heterocycles. The average molecular weight is 305 g/mol. The lowest BCUT2D eigenvalue weighted by atomic mass is 9.98. The van der Waals surface area contributed by atoms with Crippen molar-refractivity contribution >= 4 is 5.91 Å². The number of ether oxygens (including phenoxy) is 1. The molecular weight excluding hydrogens is 278 g/mol. The molecule has 0 aromatic rings. The number of amides is 1. The zero-order valence-corrected chi connectivity index (χ0v) is 12.4. The number of aliphatic hydroxyl groups is 4. The summed E-state index contributed by atoms with van der Waals surface area (Å²) >= 11 is 0. The molecule has 0 bridgehead atoms. The lowest BCUT2D eigenvalue weighted by Crippen LogP contribution is -2.63. The number of carbonyl (C=O) groups excluding carboxylic acids is 1. The van der Waals surface area contributed by atoms with Gasteiger partial charge in [-0.2, -0.15) is 0 Å². The Balaban J connectivity index is 2.36. The topological polar surface area (TPSA) is 119 Å². The Morgan fingerprint density at radius 3 is 2.33 bits per heavy atom. The maximum absolute atomic E-state index is 11.8. The monoisotopic (exact) mass is 305 g/mol. The summed E-state index contributed by atoms with van der Waals surface area (Å²) in [7, 11) is 0. The summed E-state index contributed by atoms with van der Waals surface area (Å²) in [5.74, 6) is -0.282. The molecule has 0 saturated carbocycles. The minimum absolute atomic E-state index is 0.282. The van der Waals surface area contributed by atoms with Crippen molar-refractivity contribution in [1.29, 1.82) is 0 Å². The van der Waals surface area contributed by atoms with E-state index in [-0.39, 0.29) is 5.91 Å². The predicted molar refractivity (Wildman–Crippen MR) is 75.3 cm³/mol. The van der Waals surface area contributed by atoms with Crippen molar-refractivity contribution in [2.45, 2.75) is 76.1 Å². The molecule has 1 rings (SSSR count). The number of aliphatic hydroxyl groups excluding tert-OH is 4. The second-order valence-electron chi connectivity index (χ2n) is 5.48. The third kappa shape index (κ3) is 5.52. The van der Waals surface area contributed by atoms with E-state index < -0.39 is 37.3 Å². The minimum atomic E-state index is -1.47. The van der Waals surface area contributed by atoms with Crippen LogP contribution in [-0.2, 0) is 9.53 Å². The Morgan fingerprint density at radius 1 is 1.05 bits per heavy atom. The fourth-order valence-electron chi connectivity index (χ4n) is 2.34. The lowest BCUT2D eigenvalue weighted by Gasteiger charge is -2.40. The number of unbranched alkanes of at least 4 members (excludes halogenated alkanes) is 4. The van der Waals surface area contributed by atoms with Crippen LogP contribution in [0, 0.1) is 0 Å². The Kier molecular flexibility index (Phi) is 8.13. The van der Waals surface area contributed by atoms with Crippen molar-refractivity contribution in [3.63, 3.8) is 0 Å². The van der Waals surface area contributed by atoms with Gasteiger partial charge in [0.25, 0.3) is 0 Å². The van der Waals surface area contributed by atoms with Crippen LogP contribution in [0.25, 0.3) is 0 Å². The van der Waals surface area contributed by atoms with Crippen molar-refractivity contribution in [3.05, 3.63) is 0 Å². The van der Waals surface area contributed by atoms with Gasteiger partial charge in [-0.3, -0.25) is 4.79 Å². The summed E-state index contributed by atoms with van der Waals surface area (Å²) in [6.07, 6.45) is -1.01. The molecule has 0 radical (unpaired) electrons. The van der Waals surface area contributed by atoms with Gasteiger partial charge in [0.1, 0.15) is 24.4 Å². The molecule has 5 N–H and O–H groups in total. The molecule has 0 aliphatic carbocycles. The largest absolute Gasteiger partial charge is 0.394 e. The molecule has 1 fully saturated rings. The van der Waals surface area contributed by atoms with E-state index in [2.05, 4.69) is 12.2 Å². The van der Waals surface area contributed by atoms with Gasteiger partial charge in [0.15, 0.2) is 6.23 Å². The van der Waals surface area contributed by atoms with Gasteiger partial charge in [0, 0.05) is 6.42 Å². The number of nitrogens with one attached hydrogen (secondary N) is 1. The van der Waals surface area contributed by atoms with Crippen LogP contribution in [0.2, 0.25) is 0 Å². The third-order valence-electron chi connectivity index (χ3n) is 3.70. The molecule has 7 heteroatoms. The number of hydrogen-bond donors (Lipinski definition) is 5. The molecule has 5 atom stereocenters. The van der Waals surface area contributed by atoms with Crippen molar-refractivity contribution in [3.8, 4) is 0 Å². The first-order valence-electron chi connectivity index (χ1n) is 7.61. The molecule has 2 unspecified atom stereocenters. The molecule has 0 spiro atoms. The SMILES string of the molecule is CCCCCCCC(=O)N[C@@H]1OC(CO)[C@@H](O)[C@@H](O)C1O. The van der Waals surface area contributed by atoms with Crippen LogP contribution in [0.5, 0.6) is 0 Å². The van der Waals surface area contributed by atoms with E-state index in [1.807, 2.05) is 0 Å². The summed E-state index contributed by atoms with van der Waals surface area (Å²) in [4.78, 5) is 11.8. The molecule has 1 amide bonds. The molecule has 0 aromatic carbocycles. The van der Waals surface area contributed by atoms with Crippen LogP contribution in [0.15, 0.2) is 0 Å². The van der Waals surface area contributed by atoms with Gasteiger partial charge >= 0.3 is 0 Å². The zero-order chi connectivity index (χ0) is 15.8. The summed E-state index contributed by atoms with van der Waals surface area (Å²) in [6.45, 7) is 1.61. The number of hydrogen-bond acceptors (Lipinski definition) is 6. The van der Waals surface area contributed by atoms with E-state index in [0.29, 0.717) is 6.42 Å². The van der Waals surface area contributed by atoms with Crippen molar-refractivity contribution in [1.82, 2.24) is 5.32 Å². The zero-order valence-electron chi connectivity index (χ0n) is 12.4. The Morgan fingerprint density at radius 2 is 1.71 bits per heavy atom. The average Bonchev–Trinajstić information content (AvgIpc) is 2.47. The van der Waals surface area contributed by atoms with Crippen LogP contribution in [0.4, 0.5) is 0 Å². The van der Waals surface area contributed by atoms with E-state index in [4.69, 9.17) is 9.84 Å². The smallest absolute Gasteiger partial charge is 0.222 e. The Bertz CT molecular complexity index is 312. The first-order valence-corrected chi connectivity index (χ1v) is 7.61. The Labute approximate surface area is 124 Å². The first-order chi connectivity index (χ1) is 10.0.